The fourth-order valence-corrected chi connectivity index (χ4v) is 2.47. The lowest BCUT2D eigenvalue weighted by molar-refractivity contribution is 0.359. The maximum atomic E-state index is 9.53. The van der Waals surface area contributed by atoms with E-state index in [0.717, 1.165) is 42.3 Å². The third kappa shape index (κ3) is 8.34. The van der Waals surface area contributed by atoms with E-state index in [1.807, 2.05) is 43.3 Å². The summed E-state index contributed by atoms with van der Waals surface area (Å²) in [5, 5.41) is 16.1. The topological polar surface area (TPSA) is 65.9 Å². The zero-order valence-corrected chi connectivity index (χ0v) is 18.0. The number of para-hydroxylation sites is 1. The van der Waals surface area contributed by atoms with Gasteiger partial charge in [0.15, 0.2) is 5.96 Å². The predicted octanol–water partition coefficient (Wildman–Crippen LogP) is 3.87. The van der Waals surface area contributed by atoms with Crippen molar-refractivity contribution in [1.29, 1.82) is 0 Å². The summed E-state index contributed by atoms with van der Waals surface area (Å²) in [6, 6.07) is 15.2. The molecule has 3 N–H and O–H groups in total. The van der Waals surface area contributed by atoms with Crippen molar-refractivity contribution in [2.24, 2.45) is 4.99 Å². The van der Waals surface area contributed by atoms with Crippen molar-refractivity contribution in [2.45, 2.75) is 19.9 Å². The molecule has 0 saturated heterocycles. The van der Waals surface area contributed by atoms with Crippen molar-refractivity contribution in [3.63, 3.8) is 0 Å². The number of phenolic OH excluding ortho intramolecular Hbond substituents is 1. The van der Waals surface area contributed by atoms with Gasteiger partial charge in [-0.1, -0.05) is 43.0 Å². The third-order valence-electron chi connectivity index (χ3n) is 3.70. The number of nitrogens with zero attached hydrogens (tertiary/aromatic N) is 1. The van der Waals surface area contributed by atoms with Crippen LogP contribution in [0.5, 0.6) is 11.5 Å². The SMILES string of the molecule is C=CCOc1ccccc1CN=C(NCC)NCCc1cccc(O)c1.I. The molecule has 2 aromatic carbocycles. The number of halogens is 1. The Bertz CT molecular complexity index is 735. The number of rotatable bonds is 9. The first-order chi connectivity index (χ1) is 12.7. The smallest absolute Gasteiger partial charge is 0.191 e. The van der Waals surface area contributed by atoms with E-state index in [0.29, 0.717) is 18.9 Å². The van der Waals surface area contributed by atoms with E-state index in [1.165, 1.54) is 0 Å². The van der Waals surface area contributed by atoms with Crippen molar-refractivity contribution in [3.8, 4) is 11.5 Å². The van der Waals surface area contributed by atoms with Crippen LogP contribution in [0, 0.1) is 0 Å². The van der Waals surface area contributed by atoms with Crippen molar-refractivity contribution in [3.05, 3.63) is 72.3 Å². The van der Waals surface area contributed by atoms with Gasteiger partial charge in [-0.15, -0.1) is 24.0 Å². The molecule has 2 rings (SSSR count). The Morgan fingerprint density at radius 3 is 2.74 bits per heavy atom. The molecule has 0 fully saturated rings. The molecule has 0 atom stereocenters. The lowest BCUT2D eigenvalue weighted by Gasteiger charge is -2.13. The number of aromatic hydroxyl groups is 1. The number of hydrogen-bond acceptors (Lipinski definition) is 3. The van der Waals surface area contributed by atoms with E-state index in [9.17, 15) is 5.11 Å². The maximum Gasteiger partial charge on any atom is 0.191 e. The fourth-order valence-electron chi connectivity index (χ4n) is 2.47. The maximum absolute atomic E-state index is 9.53. The number of aliphatic imine (C=N–C) groups is 1. The number of hydrogen-bond donors (Lipinski definition) is 3. The molecule has 0 unspecified atom stereocenters. The van der Waals surface area contributed by atoms with Crippen LogP contribution < -0.4 is 15.4 Å². The molecule has 0 aliphatic heterocycles. The summed E-state index contributed by atoms with van der Waals surface area (Å²) in [6.07, 6.45) is 2.53. The van der Waals surface area contributed by atoms with Gasteiger partial charge in [0, 0.05) is 18.7 Å². The average Bonchev–Trinajstić information content (AvgIpc) is 2.65. The molecule has 0 spiro atoms. The van der Waals surface area contributed by atoms with Gasteiger partial charge < -0.3 is 20.5 Å². The summed E-state index contributed by atoms with van der Waals surface area (Å²) in [6.45, 7) is 8.22. The Balaban J connectivity index is 0.00000364. The van der Waals surface area contributed by atoms with E-state index in [2.05, 4.69) is 22.2 Å². The third-order valence-corrected chi connectivity index (χ3v) is 3.70. The van der Waals surface area contributed by atoms with Crippen LogP contribution in [0.15, 0.2) is 66.2 Å². The first-order valence-electron chi connectivity index (χ1n) is 8.84. The van der Waals surface area contributed by atoms with Crippen molar-refractivity contribution < 1.29 is 9.84 Å². The Morgan fingerprint density at radius 2 is 2.00 bits per heavy atom. The van der Waals surface area contributed by atoms with Gasteiger partial charge in [-0.3, -0.25) is 0 Å². The van der Waals surface area contributed by atoms with Crippen molar-refractivity contribution in [1.82, 2.24) is 10.6 Å². The molecule has 0 aliphatic rings. The van der Waals surface area contributed by atoms with Gasteiger partial charge >= 0.3 is 0 Å². The van der Waals surface area contributed by atoms with Crippen LogP contribution in [0.4, 0.5) is 0 Å². The average molecular weight is 481 g/mol. The zero-order valence-electron chi connectivity index (χ0n) is 15.6. The molecule has 6 heteroatoms. The highest BCUT2D eigenvalue weighted by atomic mass is 127. The first-order valence-corrected chi connectivity index (χ1v) is 8.84. The second kappa shape index (κ2) is 13.0. The summed E-state index contributed by atoms with van der Waals surface area (Å²) in [7, 11) is 0. The van der Waals surface area contributed by atoms with Gasteiger partial charge in [0.1, 0.15) is 18.1 Å². The van der Waals surface area contributed by atoms with Crippen LogP contribution in [0.3, 0.4) is 0 Å². The highest BCUT2D eigenvalue weighted by Crippen LogP contribution is 2.18. The van der Waals surface area contributed by atoms with Gasteiger partial charge in [-0.2, -0.15) is 0 Å². The molecule has 2 aromatic rings. The minimum atomic E-state index is 0. The summed E-state index contributed by atoms with van der Waals surface area (Å²) in [4.78, 5) is 4.64. The predicted molar refractivity (Wildman–Crippen MR) is 122 cm³/mol. The molecule has 0 aromatic heterocycles. The van der Waals surface area contributed by atoms with E-state index in [1.54, 1.807) is 18.2 Å². The van der Waals surface area contributed by atoms with Gasteiger partial charge in [-0.05, 0) is 37.1 Å². The largest absolute Gasteiger partial charge is 0.508 e. The Kier molecular flexibility index (Phi) is 11.0. The number of benzene rings is 2. The number of guanidine groups is 1. The molecule has 5 nitrogen and oxygen atoms in total. The molecule has 0 radical (unpaired) electrons. The second-order valence-corrected chi connectivity index (χ2v) is 5.75. The van der Waals surface area contributed by atoms with Crippen LogP contribution in [-0.4, -0.2) is 30.8 Å². The summed E-state index contributed by atoms with van der Waals surface area (Å²) < 4.78 is 5.68. The van der Waals surface area contributed by atoms with Crippen LogP contribution in [0.2, 0.25) is 0 Å². The van der Waals surface area contributed by atoms with Crippen LogP contribution >= 0.6 is 24.0 Å². The Hall–Kier alpha value is -2.22. The summed E-state index contributed by atoms with van der Waals surface area (Å²) in [5.74, 6) is 1.87. The Morgan fingerprint density at radius 1 is 1.19 bits per heavy atom. The molecular formula is C21H28IN3O2. The van der Waals surface area contributed by atoms with Crippen LogP contribution in [-0.2, 0) is 13.0 Å². The molecule has 0 heterocycles. The monoisotopic (exact) mass is 481 g/mol. The molecule has 0 aliphatic carbocycles. The van der Waals surface area contributed by atoms with E-state index >= 15 is 0 Å². The minimum Gasteiger partial charge on any atom is -0.508 e. The molecule has 0 amide bonds. The van der Waals surface area contributed by atoms with E-state index in [-0.39, 0.29) is 24.0 Å². The van der Waals surface area contributed by atoms with Crippen LogP contribution in [0.25, 0.3) is 0 Å². The van der Waals surface area contributed by atoms with E-state index < -0.39 is 0 Å². The van der Waals surface area contributed by atoms with E-state index in [4.69, 9.17) is 4.74 Å². The van der Waals surface area contributed by atoms with Crippen molar-refractivity contribution >= 4 is 29.9 Å². The molecule has 146 valence electrons. The van der Waals surface area contributed by atoms with Gasteiger partial charge in [-0.25, -0.2) is 4.99 Å². The highest BCUT2D eigenvalue weighted by Gasteiger charge is 2.03. The highest BCUT2D eigenvalue weighted by molar-refractivity contribution is 14.0. The lowest BCUT2D eigenvalue weighted by atomic mass is 10.1. The van der Waals surface area contributed by atoms with Gasteiger partial charge in [0.05, 0.1) is 6.54 Å². The first kappa shape index (κ1) is 22.8. The number of ether oxygens (including phenoxy) is 1. The molecule has 0 saturated carbocycles. The summed E-state index contributed by atoms with van der Waals surface area (Å²) in [5.41, 5.74) is 2.11. The van der Waals surface area contributed by atoms with Crippen LogP contribution in [0.1, 0.15) is 18.1 Å². The van der Waals surface area contributed by atoms with Gasteiger partial charge in [0.2, 0.25) is 0 Å². The molecule has 27 heavy (non-hydrogen) atoms. The zero-order chi connectivity index (χ0) is 18.6. The fraction of sp³-hybridized carbons (Fsp3) is 0.286. The second-order valence-electron chi connectivity index (χ2n) is 5.75. The quantitative estimate of drug-likeness (QED) is 0.220. The number of nitrogens with one attached hydrogen (secondary N) is 2. The number of phenols is 1. The van der Waals surface area contributed by atoms with Gasteiger partial charge in [0.25, 0.3) is 0 Å². The lowest BCUT2D eigenvalue weighted by Crippen LogP contribution is -2.38. The standard InChI is InChI=1S/C21H27N3O2.HI/c1-3-14-26-20-11-6-5-9-18(20)16-24-21(22-4-2)23-13-12-17-8-7-10-19(25)15-17;/h3,5-11,15,25H,1,4,12-14,16H2,2H3,(H2,22,23,24);1H. The normalized spacial score (nSPS) is 10.6. The summed E-state index contributed by atoms with van der Waals surface area (Å²) >= 11 is 0. The Labute approximate surface area is 178 Å². The molecular weight excluding hydrogens is 453 g/mol. The van der Waals surface area contributed by atoms with Crippen molar-refractivity contribution in [2.75, 3.05) is 19.7 Å². The minimum absolute atomic E-state index is 0. The molecule has 0 bridgehead atoms.